The Labute approximate surface area is 145 Å². The smallest absolute Gasteiger partial charge is 0.261 e. The number of hydrogen-bond donors (Lipinski definition) is 2. The molecule has 2 N–H and O–H groups in total. The van der Waals surface area contributed by atoms with E-state index in [-0.39, 0.29) is 12.0 Å². The quantitative estimate of drug-likeness (QED) is 0.801. The van der Waals surface area contributed by atoms with Crippen LogP contribution in [0.15, 0.2) is 24.3 Å². The largest absolute Gasteiger partial charge is 0.480 e. The summed E-state index contributed by atoms with van der Waals surface area (Å²) in [6.45, 7) is 6.84. The Morgan fingerprint density at radius 3 is 2.75 bits per heavy atom. The summed E-state index contributed by atoms with van der Waals surface area (Å²) in [4.78, 5) is 12.5. The number of aliphatic hydroxyl groups is 1. The average molecular weight is 333 g/mol. The molecule has 3 atom stereocenters. The SMILES string of the molecule is CCC(Oc1ccccc1C(C)C)C(=O)NCC1CCCC(O)C1. The highest BCUT2D eigenvalue weighted by atomic mass is 16.5. The molecule has 1 saturated carbocycles. The van der Waals surface area contributed by atoms with Crippen molar-refractivity contribution in [3.8, 4) is 5.75 Å². The van der Waals surface area contributed by atoms with Crippen LogP contribution in [0.25, 0.3) is 0 Å². The van der Waals surface area contributed by atoms with Crippen molar-refractivity contribution in [2.75, 3.05) is 6.54 Å². The van der Waals surface area contributed by atoms with Gasteiger partial charge in [0.15, 0.2) is 6.10 Å². The Kier molecular flexibility index (Phi) is 7.10. The van der Waals surface area contributed by atoms with Crippen molar-refractivity contribution in [1.29, 1.82) is 0 Å². The predicted molar refractivity (Wildman–Crippen MR) is 96.2 cm³/mol. The summed E-state index contributed by atoms with van der Waals surface area (Å²) in [5.74, 6) is 1.46. The molecular weight excluding hydrogens is 302 g/mol. The fourth-order valence-corrected chi connectivity index (χ4v) is 3.35. The van der Waals surface area contributed by atoms with E-state index in [2.05, 4.69) is 19.2 Å². The third-order valence-corrected chi connectivity index (χ3v) is 4.79. The molecule has 1 fully saturated rings. The Morgan fingerprint density at radius 1 is 1.33 bits per heavy atom. The van der Waals surface area contributed by atoms with Crippen LogP contribution in [-0.4, -0.2) is 29.8 Å². The van der Waals surface area contributed by atoms with Crippen LogP contribution in [0, 0.1) is 5.92 Å². The first-order chi connectivity index (χ1) is 11.5. The van der Waals surface area contributed by atoms with E-state index in [4.69, 9.17) is 4.74 Å². The van der Waals surface area contributed by atoms with Gasteiger partial charge in [0.05, 0.1) is 6.10 Å². The summed E-state index contributed by atoms with van der Waals surface area (Å²) >= 11 is 0. The number of amides is 1. The molecule has 4 heteroatoms. The maximum Gasteiger partial charge on any atom is 0.261 e. The normalized spacial score (nSPS) is 22.2. The molecule has 0 spiro atoms. The van der Waals surface area contributed by atoms with Crippen molar-refractivity contribution in [2.24, 2.45) is 5.92 Å². The van der Waals surface area contributed by atoms with Crippen LogP contribution in [0.5, 0.6) is 5.75 Å². The number of rotatable bonds is 7. The molecule has 1 aliphatic rings. The Bertz CT molecular complexity index is 529. The number of carbonyl (C=O) groups excluding carboxylic acids is 1. The lowest BCUT2D eigenvalue weighted by atomic mass is 9.87. The molecule has 0 radical (unpaired) electrons. The molecule has 0 bridgehead atoms. The Balaban J connectivity index is 1.92. The number of para-hydroxylation sites is 1. The fraction of sp³-hybridized carbons (Fsp3) is 0.650. The van der Waals surface area contributed by atoms with Crippen LogP contribution >= 0.6 is 0 Å². The predicted octanol–water partition coefficient (Wildman–Crippen LogP) is 3.63. The maximum atomic E-state index is 12.5. The number of carbonyl (C=O) groups is 1. The molecule has 1 aromatic rings. The van der Waals surface area contributed by atoms with Crippen molar-refractivity contribution >= 4 is 5.91 Å². The lowest BCUT2D eigenvalue weighted by Crippen LogP contribution is -2.41. The first kappa shape index (κ1) is 18.8. The summed E-state index contributed by atoms with van der Waals surface area (Å²) in [6, 6.07) is 7.92. The molecule has 134 valence electrons. The summed E-state index contributed by atoms with van der Waals surface area (Å²) in [6.07, 6.45) is 3.73. The molecule has 1 aromatic carbocycles. The van der Waals surface area contributed by atoms with Crippen molar-refractivity contribution in [1.82, 2.24) is 5.32 Å². The van der Waals surface area contributed by atoms with Gasteiger partial charge in [-0.3, -0.25) is 4.79 Å². The number of nitrogens with one attached hydrogen (secondary N) is 1. The molecule has 2 rings (SSSR count). The fourth-order valence-electron chi connectivity index (χ4n) is 3.35. The van der Waals surface area contributed by atoms with Gasteiger partial charge in [-0.25, -0.2) is 0 Å². The molecule has 3 unspecified atom stereocenters. The van der Waals surface area contributed by atoms with Crippen LogP contribution < -0.4 is 10.1 Å². The lowest BCUT2D eigenvalue weighted by Gasteiger charge is -2.27. The molecule has 0 saturated heterocycles. The first-order valence-corrected chi connectivity index (χ1v) is 9.22. The van der Waals surface area contributed by atoms with Gasteiger partial charge in [0, 0.05) is 6.54 Å². The van der Waals surface area contributed by atoms with Gasteiger partial charge >= 0.3 is 0 Å². The Morgan fingerprint density at radius 2 is 2.08 bits per heavy atom. The molecule has 24 heavy (non-hydrogen) atoms. The number of benzene rings is 1. The van der Waals surface area contributed by atoms with Crippen LogP contribution in [0.3, 0.4) is 0 Å². The average Bonchev–Trinajstić information content (AvgIpc) is 2.57. The van der Waals surface area contributed by atoms with Crippen molar-refractivity contribution in [3.63, 3.8) is 0 Å². The number of hydrogen-bond acceptors (Lipinski definition) is 3. The van der Waals surface area contributed by atoms with Gasteiger partial charge in [0.1, 0.15) is 5.75 Å². The monoisotopic (exact) mass is 333 g/mol. The second-order valence-corrected chi connectivity index (χ2v) is 7.14. The van der Waals surface area contributed by atoms with E-state index < -0.39 is 6.10 Å². The highest BCUT2D eigenvalue weighted by Gasteiger charge is 2.24. The van der Waals surface area contributed by atoms with Crippen molar-refractivity contribution < 1.29 is 14.6 Å². The molecule has 4 nitrogen and oxygen atoms in total. The summed E-state index contributed by atoms with van der Waals surface area (Å²) < 4.78 is 6.02. The standard InChI is InChI=1S/C20H31NO3/c1-4-18(24-19-11-6-5-10-17(19)14(2)3)20(23)21-13-15-8-7-9-16(22)12-15/h5-6,10-11,14-16,18,22H,4,7-9,12-13H2,1-3H3,(H,21,23). The molecule has 0 aromatic heterocycles. The topological polar surface area (TPSA) is 58.6 Å². The van der Waals surface area contributed by atoms with E-state index in [1.165, 1.54) is 0 Å². The first-order valence-electron chi connectivity index (χ1n) is 9.22. The minimum absolute atomic E-state index is 0.0591. The van der Waals surface area contributed by atoms with Gasteiger partial charge in [-0.05, 0) is 49.1 Å². The van der Waals surface area contributed by atoms with Gasteiger partial charge in [-0.2, -0.15) is 0 Å². The summed E-state index contributed by atoms with van der Waals surface area (Å²) in [5, 5.41) is 12.8. The van der Waals surface area contributed by atoms with Crippen LogP contribution in [0.2, 0.25) is 0 Å². The van der Waals surface area contributed by atoms with E-state index in [9.17, 15) is 9.90 Å². The number of aliphatic hydroxyl groups excluding tert-OH is 1. The van der Waals surface area contributed by atoms with Gasteiger partial charge in [0.2, 0.25) is 0 Å². The zero-order valence-corrected chi connectivity index (χ0v) is 15.1. The molecule has 0 heterocycles. The zero-order valence-electron chi connectivity index (χ0n) is 15.1. The number of ether oxygens (including phenoxy) is 1. The second kappa shape index (κ2) is 9.07. The van der Waals surface area contributed by atoms with Crippen molar-refractivity contribution in [2.45, 2.75) is 71.0 Å². The van der Waals surface area contributed by atoms with Crippen LogP contribution in [-0.2, 0) is 4.79 Å². The summed E-state index contributed by atoms with van der Waals surface area (Å²) in [5.41, 5.74) is 1.12. The van der Waals surface area contributed by atoms with Crippen molar-refractivity contribution in [3.05, 3.63) is 29.8 Å². The van der Waals surface area contributed by atoms with Gasteiger partial charge in [-0.1, -0.05) is 45.4 Å². The van der Waals surface area contributed by atoms with E-state index in [0.717, 1.165) is 37.0 Å². The lowest BCUT2D eigenvalue weighted by molar-refractivity contribution is -0.128. The minimum Gasteiger partial charge on any atom is -0.480 e. The van der Waals surface area contributed by atoms with Gasteiger partial charge in [0.25, 0.3) is 5.91 Å². The zero-order chi connectivity index (χ0) is 17.5. The summed E-state index contributed by atoms with van der Waals surface area (Å²) in [7, 11) is 0. The third kappa shape index (κ3) is 5.23. The van der Waals surface area contributed by atoms with Gasteiger partial charge < -0.3 is 15.2 Å². The Hall–Kier alpha value is -1.55. The van der Waals surface area contributed by atoms with E-state index in [0.29, 0.717) is 24.8 Å². The third-order valence-electron chi connectivity index (χ3n) is 4.79. The molecule has 0 aliphatic heterocycles. The van der Waals surface area contributed by atoms with Crippen LogP contribution in [0.4, 0.5) is 0 Å². The molecule has 1 aliphatic carbocycles. The minimum atomic E-state index is -0.474. The van der Waals surface area contributed by atoms with E-state index in [1.807, 2.05) is 31.2 Å². The second-order valence-electron chi connectivity index (χ2n) is 7.14. The van der Waals surface area contributed by atoms with Crippen LogP contribution in [0.1, 0.15) is 64.4 Å². The van der Waals surface area contributed by atoms with E-state index in [1.54, 1.807) is 0 Å². The van der Waals surface area contributed by atoms with E-state index >= 15 is 0 Å². The molecular formula is C20H31NO3. The highest BCUT2D eigenvalue weighted by Crippen LogP contribution is 2.27. The van der Waals surface area contributed by atoms with Gasteiger partial charge in [-0.15, -0.1) is 0 Å². The maximum absolute atomic E-state index is 12.5. The molecule has 1 amide bonds. The highest BCUT2D eigenvalue weighted by molar-refractivity contribution is 5.81.